The molecule has 1 atom stereocenters. The van der Waals surface area contributed by atoms with E-state index in [2.05, 4.69) is 10.2 Å². The summed E-state index contributed by atoms with van der Waals surface area (Å²) in [6, 6.07) is 0. The zero-order chi connectivity index (χ0) is 9.47. The van der Waals surface area contributed by atoms with Crippen LogP contribution in [0, 0.1) is 0 Å². The molecule has 0 amide bonds. The van der Waals surface area contributed by atoms with Crippen molar-refractivity contribution in [1.82, 2.24) is 10.2 Å². The summed E-state index contributed by atoms with van der Waals surface area (Å²) >= 11 is 0. The molecule has 0 bridgehead atoms. The average Bonchev–Trinajstić information content (AvgIpc) is 2.48. The van der Waals surface area contributed by atoms with E-state index in [-0.39, 0.29) is 5.76 Å². The number of nitrogens with one attached hydrogen (secondary N) is 1. The molecule has 0 radical (unpaired) electrons. The fraction of sp³-hybridized carbons (Fsp3) is 0.222. The number of hydrogen-bond acceptors (Lipinski definition) is 3. The molecule has 0 saturated carbocycles. The highest BCUT2D eigenvalue weighted by molar-refractivity contribution is 5.63. The van der Waals surface area contributed by atoms with Gasteiger partial charge in [-0.25, -0.2) is 0 Å². The van der Waals surface area contributed by atoms with Crippen LogP contribution in [0.15, 0.2) is 24.4 Å². The number of aliphatic hydroxyl groups is 1. The van der Waals surface area contributed by atoms with E-state index in [4.69, 9.17) is 5.73 Å². The van der Waals surface area contributed by atoms with E-state index in [1.165, 1.54) is 0 Å². The lowest BCUT2D eigenvalue weighted by Gasteiger charge is -2.18. The quantitative estimate of drug-likeness (QED) is 0.554. The summed E-state index contributed by atoms with van der Waals surface area (Å²) in [5.41, 5.74) is 6.82. The Bertz CT molecular complexity index is 387. The Kier molecular flexibility index (Phi) is 1.53. The van der Waals surface area contributed by atoms with Crippen LogP contribution in [0.2, 0.25) is 0 Å². The smallest absolute Gasteiger partial charge is 0.140 e. The Morgan fingerprint density at radius 3 is 3.15 bits per heavy atom. The minimum absolute atomic E-state index is 0.165. The van der Waals surface area contributed by atoms with Crippen molar-refractivity contribution >= 4 is 5.76 Å². The van der Waals surface area contributed by atoms with Crippen molar-refractivity contribution in [1.29, 1.82) is 0 Å². The average molecular weight is 177 g/mol. The molecule has 4 N–H and O–H groups in total. The maximum absolute atomic E-state index is 9.55. The second-order valence-electron chi connectivity index (χ2n) is 3.35. The van der Waals surface area contributed by atoms with Crippen molar-refractivity contribution in [3.63, 3.8) is 0 Å². The largest absolute Gasteiger partial charge is 0.506 e. The van der Waals surface area contributed by atoms with Crippen molar-refractivity contribution < 1.29 is 5.11 Å². The maximum Gasteiger partial charge on any atom is 0.140 e. The molecule has 4 nitrogen and oxygen atoms in total. The van der Waals surface area contributed by atoms with Gasteiger partial charge in [-0.3, -0.25) is 5.10 Å². The molecule has 68 valence electrons. The van der Waals surface area contributed by atoms with Gasteiger partial charge in [-0.2, -0.15) is 5.10 Å². The lowest BCUT2D eigenvalue weighted by Crippen LogP contribution is -2.30. The zero-order valence-electron chi connectivity index (χ0n) is 7.28. The predicted molar refractivity (Wildman–Crippen MR) is 49.9 cm³/mol. The van der Waals surface area contributed by atoms with E-state index in [1.807, 2.05) is 13.0 Å². The first-order chi connectivity index (χ1) is 6.11. The summed E-state index contributed by atoms with van der Waals surface area (Å²) in [7, 11) is 0. The maximum atomic E-state index is 9.55. The van der Waals surface area contributed by atoms with E-state index in [1.54, 1.807) is 18.3 Å². The van der Waals surface area contributed by atoms with E-state index in [0.717, 1.165) is 5.56 Å². The third-order valence-electron chi connectivity index (χ3n) is 2.17. The lowest BCUT2D eigenvalue weighted by molar-refractivity contribution is 0.505. The number of hydrogen-bond donors (Lipinski definition) is 3. The fourth-order valence-corrected chi connectivity index (χ4v) is 1.40. The molecule has 1 aliphatic rings. The normalized spacial score (nSPS) is 26.5. The number of fused-ring (bicyclic) bond motifs is 1. The van der Waals surface area contributed by atoms with Gasteiger partial charge in [0.15, 0.2) is 0 Å². The summed E-state index contributed by atoms with van der Waals surface area (Å²) in [4.78, 5) is 0. The van der Waals surface area contributed by atoms with Crippen LogP contribution in [0.1, 0.15) is 18.2 Å². The van der Waals surface area contributed by atoms with Gasteiger partial charge in [-0.1, -0.05) is 12.2 Å². The first-order valence-electron chi connectivity index (χ1n) is 4.03. The Hall–Kier alpha value is -1.55. The molecule has 13 heavy (non-hydrogen) atoms. The van der Waals surface area contributed by atoms with Gasteiger partial charge in [0, 0.05) is 5.56 Å². The molecule has 0 aromatic carbocycles. The van der Waals surface area contributed by atoms with Crippen molar-refractivity contribution in [2.45, 2.75) is 12.5 Å². The molecule has 4 heteroatoms. The lowest BCUT2D eigenvalue weighted by atomic mass is 9.94. The summed E-state index contributed by atoms with van der Waals surface area (Å²) < 4.78 is 0. The third kappa shape index (κ3) is 1.15. The number of allylic oxidation sites excluding steroid dienone is 2. The number of H-pyrrole nitrogens is 1. The Morgan fingerprint density at radius 2 is 2.38 bits per heavy atom. The Morgan fingerprint density at radius 1 is 1.62 bits per heavy atom. The molecule has 1 unspecified atom stereocenters. The first-order valence-corrected chi connectivity index (χ1v) is 4.03. The van der Waals surface area contributed by atoms with Gasteiger partial charge in [-0.05, 0) is 13.0 Å². The van der Waals surface area contributed by atoms with Crippen molar-refractivity contribution in [2.75, 3.05) is 0 Å². The van der Waals surface area contributed by atoms with E-state index >= 15 is 0 Å². The molecule has 1 aromatic heterocycles. The number of aromatic nitrogens is 2. The van der Waals surface area contributed by atoms with Crippen LogP contribution in [0.25, 0.3) is 5.76 Å². The second kappa shape index (κ2) is 2.47. The molecule has 1 heterocycles. The molecule has 0 saturated heterocycles. The number of rotatable bonds is 0. The number of nitrogens with zero attached hydrogens (tertiary/aromatic N) is 1. The van der Waals surface area contributed by atoms with Crippen LogP contribution in [0.3, 0.4) is 0 Å². The fourth-order valence-electron chi connectivity index (χ4n) is 1.40. The summed E-state index contributed by atoms with van der Waals surface area (Å²) in [5, 5.41) is 16.1. The summed E-state index contributed by atoms with van der Waals surface area (Å²) in [6.07, 6.45) is 6.79. The Balaban J connectivity index is 2.65. The van der Waals surface area contributed by atoms with Gasteiger partial charge < -0.3 is 10.8 Å². The molecular formula is C9H11N3O. The number of nitrogens with two attached hydrogens (primary N) is 1. The Labute approximate surface area is 75.8 Å². The monoisotopic (exact) mass is 177 g/mol. The summed E-state index contributed by atoms with van der Waals surface area (Å²) in [6.45, 7) is 1.87. The van der Waals surface area contributed by atoms with Crippen LogP contribution in [0.5, 0.6) is 0 Å². The van der Waals surface area contributed by atoms with Crippen LogP contribution in [0.4, 0.5) is 0 Å². The van der Waals surface area contributed by atoms with Crippen molar-refractivity contribution in [3.8, 4) is 0 Å². The van der Waals surface area contributed by atoms with Crippen LogP contribution >= 0.6 is 0 Å². The number of aliphatic hydroxyl groups excluding tert-OH is 1. The van der Waals surface area contributed by atoms with E-state index < -0.39 is 5.54 Å². The standard InChI is InChI=1S/C9H11N3O/c1-9(10)4-2-3-7(13)8-6(9)5-11-12-8/h2-5,13H,10H2,1H3,(H,11,12). The molecule has 1 aromatic rings. The van der Waals surface area contributed by atoms with Gasteiger partial charge in [-0.15, -0.1) is 0 Å². The van der Waals surface area contributed by atoms with Gasteiger partial charge in [0.1, 0.15) is 11.5 Å². The summed E-state index contributed by atoms with van der Waals surface area (Å²) in [5.74, 6) is 0.165. The van der Waals surface area contributed by atoms with Crippen LogP contribution in [-0.2, 0) is 5.54 Å². The van der Waals surface area contributed by atoms with Crippen molar-refractivity contribution in [2.24, 2.45) is 5.73 Å². The van der Waals surface area contributed by atoms with Gasteiger partial charge in [0.25, 0.3) is 0 Å². The number of aromatic amines is 1. The van der Waals surface area contributed by atoms with Gasteiger partial charge in [0.2, 0.25) is 0 Å². The first kappa shape index (κ1) is 8.07. The molecule has 0 fully saturated rings. The molecular weight excluding hydrogens is 166 g/mol. The van der Waals surface area contributed by atoms with Crippen LogP contribution < -0.4 is 5.73 Å². The minimum atomic E-state index is -0.580. The third-order valence-corrected chi connectivity index (χ3v) is 2.17. The van der Waals surface area contributed by atoms with E-state index in [0.29, 0.717) is 5.69 Å². The van der Waals surface area contributed by atoms with Gasteiger partial charge >= 0.3 is 0 Å². The van der Waals surface area contributed by atoms with Gasteiger partial charge in [0.05, 0.1) is 11.7 Å². The topological polar surface area (TPSA) is 74.9 Å². The zero-order valence-corrected chi connectivity index (χ0v) is 7.28. The molecule has 0 spiro atoms. The van der Waals surface area contributed by atoms with E-state index in [9.17, 15) is 5.11 Å². The minimum Gasteiger partial charge on any atom is -0.506 e. The van der Waals surface area contributed by atoms with Crippen molar-refractivity contribution in [3.05, 3.63) is 35.7 Å². The van der Waals surface area contributed by atoms with Crippen LogP contribution in [-0.4, -0.2) is 15.3 Å². The highest BCUT2D eigenvalue weighted by atomic mass is 16.3. The predicted octanol–water partition coefficient (Wildman–Crippen LogP) is 1.05. The highest BCUT2D eigenvalue weighted by Gasteiger charge is 2.25. The SMILES string of the molecule is CC1(N)C=CC=C(O)c2[nH]ncc21. The molecule has 0 aliphatic heterocycles. The second-order valence-corrected chi connectivity index (χ2v) is 3.35. The molecule has 1 aliphatic carbocycles. The highest BCUT2D eigenvalue weighted by Crippen LogP contribution is 2.27. The molecule has 2 rings (SSSR count).